The number of hydrogen-bond donors (Lipinski definition) is 2. The van der Waals surface area contributed by atoms with E-state index in [-0.39, 0.29) is 35.2 Å². The number of pyridine rings is 1. The fourth-order valence-electron chi connectivity index (χ4n) is 2.17. The van der Waals surface area contributed by atoms with Crippen LogP contribution in [0.15, 0.2) is 28.9 Å². The zero-order valence-corrected chi connectivity index (χ0v) is 15.9. The maximum atomic E-state index is 14.0. The van der Waals surface area contributed by atoms with Gasteiger partial charge >= 0.3 is 13.3 Å². The van der Waals surface area contributed by atoms with Crippen molar-refractivity contribution in [2.24, 2.45) is 0 Å². The molecule has 11 heteroatoms. The van der Waals surface area contributed by atoms with Gasteiger partial charge in [-0.1, -0.05) is 15.9 Å². The standard InChI is InChI=1S/C15H15BrF4NO4P/c1-14(17,18)3-2-4-25-13-7-9-5-11(15(19,20)26(22,23)24)12(16)6-10(9)8-21-13/h5-8H,2-4H2,1H3,(H2,22,23,24). The second kappa shape index (κ2) is 7.42. The summed E-state index contributed by atoms with van der Waals surface area (Å²) in [5.74, 6) is -2.78. The Labute approximate surface area is 154 Å². The van der Waals surface area contributed by atoms with Gasteiger partial charge < -0.3 is 14.5 Å². The number of ether oxygens (including phenoxy) is 1. The summed E-state index contributed by atoms with van der Waals surface area (Å²) in [5.41, 5.74) is -5.25. The summed E-state index contributed by atoms with van der Waals surface area (Å²) >= 11 is 2.88. The summed E-state index contributed by atoms with van der Waals surface area (Å²) in [5, 5.41) is 0.636. The molecule has 0 aliphatic heterocycles. The first-order valence-electron chi connectivity index (χ1n) is 7.35. The van der Waals surface area contributed by atoms with Crippen molar-refractivity contribution in [3.8, 4) is 5.88 Å². The van der Waals surface area contributed by atoms with Gasteiger partial charge in [-0.25, -0.2) is 13.8 Å². The van der Waals surface area contributed by atoms with Crippen molar-refractivity contribution in [3.63, 3.8) is 0 Å². The quantitative estimate of drug-likeness (QED) is 0.344. The highest BCUT2D eigenvalue weighted by atomic mass is 79.9. The van der Waals surface area contributed by atoms with Crippen molar-refractivity contribution in [1.82, 2.24) is 4.98 Å². The van der Waals surface area contributed by atoms with Crippen molar-refractivity contribution in [1.29, 1.82) is 0 Å². The van der Waals surface area contributed by atoms with Gasteiger partial charge in [-0.2, -0.15) is 8.78 Å². The maximum Gasteiger partial charge on any atom is 0.399 e. The van der Waals surface area contributed by atoms with Crippen molar-refractivity contribution >= 4 is 34.3 Å². The van der Waals surface area contributed by atoms with Crippen LogP contribution in [-0.2, 0) is 10.2 Å². The maximum absolute atomic E-state index is 14.0. The van der Waals surface area contributed by atoms with Crippen LogP contribution in [0.5, 0.6) is 5.88 Å². The van der Waals surface area contributed by atoms with Gasteiger partial charge in [0.2, 0.25) is 11.8 Å². The minimum atomic E-state index is -5.73. The summed E-state index contributed by atoms with van der Waals surface area (Å²) in [6.45, 7) is 0.756. The first kappa shape index (κ1) is 21.1. The molecule has 1 heterocycles. The number of benzene rings is 1. The zero-order chi connectivity index (χ0) is 19.8. The lowest BCUT2D eigenvalue weighted by Gasteiger charge is -2.20. The van der Waals surface area contributed by atoms with E-state index >= 15 is 0 Å². The molecule has 2 aromatic rings. The topological polar surface area (TPSA) is 79.7 Å². The lowest BCUT2D eigenvalue weighted by atomic mass is 10.1. The Morgan fingerprint density at radius 1 is 1.19 bits per heavy atom. The van der Waals surface area contributed by atoms with Crippen molar-refractivity contribution in [2.75, 3.05) is 6.61 Å². The number of hydrogen-bond acceptors (Lipinski definition) is 3. The molecule has 1 aromatic heterocycles. The predicted octanol–water partition coefficient (Wildman–Crippen LogP) is 5.04. The number of alkyl halides is 4. The smallest absolute Gasteiger partial charge is 0.399 e. The highest BCUT2D eigenvalue weighted by Crippen LogP contribution is 2.60. The van der Waals surface area contributed by atoms with Crippen LogP contribution in [-0.4, -0.2) is 27.3 Å². The molecule has 0 fully saturated rings. The molecule has 26 heavy (non-hydrogen) atoms. The predicted molar refractivity (Wildman–Crippen MR) is 90.7 cm³/mol. The van der Waals surface area contributed by atoms with E-state index in [4.69, 9.17) is 14.5 Å². The molecule has 0 aliphatic rings. The molecule has 0 bridgehead atoms. The van der Waals surface area contributed by atoms with Gasteiger partial charge in [0.05, 0.1) is 6.61 Å². The molecule has 0 aliphatic carbocycles. The molecule has 2 rings (SSSR count). The first-order valence-corrected chi connectivity index (χ1v) is 9.76. The van der Waals surface area contributed by atoms with Crippen LogP contribution in [0.4, 0.5) is 17.6 Å². The van der Waals surface area contributed by atoms with E-state index in [9.17, 15) is 22.1 Å². The normalized spacial score (nSPS) is 13.2. The SMILES string of the molecule is CC(F)(F)CCCOc1cc2cc(C(F)(F)P(=O)(O)O)c(Br)cc2cn1. The van der Waals surface area contributed by atoms with Gasteiger partial charge in [0.25, 0.3) is 0 Å². The van der Waals surface area contributed by atoms with Crippen molar-refractivity contribution < 1.29 is 36.7 Å². The largest absolute Gasteiger partial charge is 0.478 e. The van der Waals surface area contributed by atoms with E-state index in [0.717, 1.165) is 13.0 Å². The molecular weight excluding hydrogens is 445 g/mol. The van der Waals surface area contributed by atoms with Gasteiger partial charge in [-0.05, 0) is 30.9 Å². The second-order valence-corrected chi connectivity index (χ2v) is 8.31. The molecule has 5 nitrogen and oxygen atoms in total. The van der Waals surface area contributed by atoms with E-state index in [1.165, 1.54) is 18.3 Å². The Morgan fingerprint density at radius 3 is 2.42 bits per heavy atom. The molecule has 0 saturated carbocycles. The molecule has 0 radical (unpaired) electrons. The van der Waals surface area contributed by atoms with Crippen LogP contribution in [0.25, 0.3) is 10.8 Å². The summed E-state index contributed by atoms with van der Waals surface area (Å²) < 4.78 is 69.6. The summed E-state index contributed by atoms with van der Waals surface area (Å²) in [7, 11) is -5.73. The van der Waals surface area contributed by atoms with E-state index < -0.39 is 24.7 Å². The molecule has 0 atom stereocenters. The van der Waals surface area contributed by atoms with Crippen molar-refractivity contribution in [3.05, 3.63) is 34.4 Å². The third-order valence-electron chi connectivity index (χ3n) is 3.48. The summed E-state index contributed by atoms with van der Waals surface area (Å²) in [4.78, 5) is 21.8. The van der Waals surface area contributed by atoms with E-state index in [1.54, 1.807) is 0 Å². The van der Waals surface area contributed by atoms with Crippen LogP contribution in [0, 0.1) is 0 Å². The third kappa shape index (κ3) is 4.94. The molecule has 0 unspecified atom stereocenters. The molecule has 2 N–H and O–H groups in total. The number of aromatic nitrogens is 1. The van der Waals surface area contributed by atoms with Crippen LogP contribution in [0.2, 0.25) is 0 Å². The van der Waals surface area contributed by atoms with Gasteiger partial charge in [0.1, 0.15) is 0 Å². The molecule has 0 spiro atoms. The minimum Gasteiger partial charge on any atom is -0.478 e. The van der Waals surface area contributed by atoms with Gasteiger partial charge in [-0.3, -0.25) is 4.57 Å². The van der Waals surface area contributed by atoms with E-state index in [0.29, 0.717) is 5.39 Å². The molecule has 144 valence electrons. The average molecular weight is 460 g/mol. The fraction of sp³-hybridized carbons (Fsp3) is 0.400. The first-order chi connectivity index (χ1) is 11.8. The van der Waals surface area contributed by atoms with Crippen LogP contribution in [0.3, 0.4) is 0 Å². The van der Waals surface area contributed by atoms with Crippen LogP contribution >= 0.6 is 23.5 Å². The van der Waals surface area contributed by atoms with Crippen LogP contribution in [0.1, 0.15) is 25.3 Å². The van der Waals surface area contributed by atoms with Gasteiger partial charge in [0, 0.05) is 34.1 Å². The Bertz CT molecular complexity index is 853. The molecule has 0 saturated heterocycles. The minimum absolute atomic E-state index is 0.0321. The fourth-order valence-corrected chi connectivity index (χ4v) is 3.43. The number of nitrogens with zero attached hydrogens (tertiary/aromatic N) is 1. The monoisotopic (exact) mass is 459 g/mol. The molecular formula is C15H15BrF4NO4P. The Kier molecular flexibility index (Phi) is 6.02. The number of fused-ring (bicyclic) bond motifs is 1. The third-order valence-corrected chi connectivity index (χ3v) is 5.11. The van der Waals surface area contributed by atoms with Gasteiger partial charge in [-0.15, -0.1) is 0 Å². The highest BCUT2D eigenvalue weighted by Gasteiger charge is 2.51. The van der Waals surface area contributed by atoms with E-state index in [2.05, 4.69) is 20.9 Å². The Morgan fingerprint density at radius 2 is 1.85 bits per heavy atom. The van der Waals surface area contributed by atoms with E-state index in [1.807, 2.05) is 0 Å². The zero-order valence-electron chi connectivity index (χ0n) is 13.4. The highest BCUT2D eigenvalue weighted by molar-refractivity contribution is 9.10. The summed E-state index contributed by atoms with van der Waals surface area (Å²) in [6.07, 6.45) is 1.03. The van der Waals surface area contributed by atoms with Crippen molar-refractivity contribution in [2.45, 2.75) is 31.4 Å². The second-order valence-electron chi connectivity index (χ2n) is 5.81. The Hall–Kier alpha value is -1.22. The molecule has 0 amide bonds. The van der Waals surface area contributed by atoms with Crippen LogP contribution < -0.4 is 4.74 Å². The average Bonchev–Trinajstić information content (AvgIpc) is 2.49. The summed E-state index contributed by atoms with van der Waals surface area (Å²) in [6, 6.07) is 3.47. The molecule has 1 aromatic carbocycles. The number of halogens is 5. The lowest BCUT2D eigenvalue weighted by molar-refractivity contribution is 0.00756. The number of rotatable bonds is 7. The lowest BCUT2D eigenvalue weighted by Crippen LogP contribution is -2.14. The van der Waals surface area contributed by atoms with Gasteiger partial charge in [0.15, 0.2) is 0 Å². The Balaban J connectivity index is 2.28.